The van der Waals surface area contributed by atoms with Gasteiger partial charge in [-0.15, -0.1) is 0 Å². The number of rotatable bonds is 6. The molecule has 2 amide bonds. The van der Waals surface area contributed by atoms with Crippen LogP contribution in [0.15, 0.2) is 30.3 Å². The molecule has 0 aromatic heterocycles. The standard InChI is InChI=1S/C16H21N3O4/c17-9-14(20)18-10-15(21)19-8-4-7-13(19)16(22)23-11-12-5-2-1-3-6-12/h1-3,5-6,13H,4,7-11,17H2,(H,18,20)/t13-/m0/s1. The summed E-state index contributed by atoms with van der Waals surface area (Å²) in [5, 5.41) is 2.42. The monoisotopic (exact) mass is 319 g/mol. The number of carbonyl (C=O) groups excluding carboxylic acids is 3. The lowest BCUT2D eigenvalue weighted by atomic mass is 10.2. The molecule has 0 spiro atoms. The lowest BCUT2D eigenvalue weighted by Gasteiger charge is -2.23. The first-order chi connectivity index (χ1) is 11.1. The highest BCUT2D eigenvalue weighted by Crippen LogP contribution is 2.19. The highest BCUT2D eigenvalue weighted by atomic mass is 16.5. The molecule has 0 aliphatic carbocycles. The maximum Gasteiger partial charge on any atom is 0.329 e. The fourth-order valence-electron chi connectivity index (χ4n) is 2.48. The third-order valence-electron chi connectivity index (χ3n) is 3.69. The van der Waals surface area contributed by atoms with Gasteiger partial charge < -0.3 is 20.7 Å². The number of nitrogens with zero attached hydrogens (tertiary/aromatic N) is 1. The van der Waals surface area contributed by atoms with E-state index in [2.05, 4.69) is 5.32 Å². The number of likely N-dealkylation sites (tertiary alicyclic amines) is 1. The SMILES string of the molecule is NCC(=O)NCC(=O)N1CCC[C@H]1C(=O)OCc1ccccc1. The van der Waals surface area contributed by atoms with Crippen LogP contribution in [-0.2, 0) is 25.7 Å². The summed E-state index contributed by atoms with van der Waals surface area (Å²) in [6.45, 7) is 0.346. The molecule has 124 valence electrons. The Morgan fingerprint density at radius 2 is 2.00 bits per heavy atom. The Kier molecular flexibility index (Phi) is 6.10. The third-order valence-corrected chi connectivity index (χ3v) is 3.69. The molecule has 1 aliphatic rings. The smallest absolute Gasteiger partial charge is 0.329 e. The maximum atomic E-state index is 12.2. The molecule has 1 atom stereocenters. The fraction of sp³-hybridized carbons (Fsp3) is 0.438. The van der Waals surface area contributed by atoms with E-state index in [0.29, 0.717) is 13.0 Å². The van der Waals surface area contributed by atoms with E-state index in [9.17, 15) is 14.4 Å². The van der Waals surface area contributed by atoms with Crippen LogP contribution in [0.4, 0.5) is 0 Å². The minimum atomic E-state index is -0.582. The summed E-state index contributed by atoms with van der Waals surface area (Å²) in [6, 6.07) is 8.78. The van der Waals surface area contributed by atoms with E-state index >= 15 is 0 Å². The first kappa shape index (κ1) is 17.0. The normalized spacial score (nSPS) is 16.9. The summed E-state index contributed by atoms with van der Waals surface area (Å²) in [7, 11) is 0. The van der Waals surface area contributed by atoms with Crippen LogP contribution in [0, 0.1) is 0 Å². The number of hydrogen-bond donors (Lipinski definition) is 2. The van der Waals surface area contributed by atoms with Crippen molar-refractivity contribution in [3.8, 4) is 0 Å². The molecule has 0 unspecified atom stereocenters. The Morgan fingerprint density at radius 1 is 1.26 bits per heavy atom. The molecule has 7 nitrogen and oxygen atoms in total. The fourth-order valence-corrected chi connectivity index (χ4v) is 2.48. The van der Waals surface area contributed by atoms with E-state index in [1.54, 1.807) is 0 Å². The summed E-state index contributed by atoms with van der Waals surface area (Å²) >= 11 is 0. The number of benzene rings is 1. The second-order valence-corrected chi connectivity index (χ2v) is 5.32. The number of amides is 2. The molecule has 23 heavy (non-hydrogen) atoms. The summed E-state index contributed by atoms with van der Waals surface area (Å²) in [6.07, 6.45) is 1.31. The van der Waals surface area contributed by atoms with Crippen LogP contribution >= 0.6 is 0 Å². The summed E-state index contributed by atoms with van der Waals surface area (Å²) in [5.74, 6) is -1.11. The molecule has 1 fully saturated rings. The molecule has 3 N–H and O–H groups in total. The molecular weight excluding hydrogens is 298 g/mol. The average molecular weight is 319 g/mol. The Morgan fingerprint density at radius 3 is 2.70 bits per heavy atom. The summed E-state index contributed by atoms with van der Waals surface area (Å²) < 4.78 is 5.30. The molecule has 7 heteroatoms. The molecular formula is C16H21N3O4. The van der Waals surface area contributed by atoms with E-state index in [1.807, 2.05) is 30.3 Å². The zero-order chi connectivity index (χ0) is 16.7. The second-order valence-electron chi connectivity index (χ2n) is 5.32. The van der Waals surface area contributed by atoms with Gasteiger partial charge in [-0.3, -0.25) is 9.59 Å². The van der Waals surface area contributed by atoms with Crippen molar-refractivity contribution in [2.24, 2.45) is 5.73 Å². The van der Waals surface area contributed by atoms with Crippen LogP contribution < -0.4 is 11.1 Å². The second kappa shape index (κ2) is 8.28. The van der Waals surface area contributed by atoms with Crippen LogP contribution in [0.3, 0.4) is 0 Å². The quantitative estimate of drug-likeness (QED) is 0.707. The molecule has 1 heterocycles. The van der Waals surface area contributed by atoms with Crippen molar-refractivity contribution < 1.29 is 19.1 Å². The Labute approximate surface area is 134 Å². The summed E-state index contributed by atoms with van der Waals surface area (Å²) in [4.78, 5) is 36.9. The van der Waals surface area contributed by atoms with E-state index in [1.165, 1.54) is 4.90 Å². The van der Waals surface area contributed by atoms with E-state index in [4.69, 9.17) is 10.5 Å². The first-order valence-electron chi connectivity index (χ1n) is 7.58. The highest BCUT2D eigenvalue weighted by molar-refractivity contribution is 5.89. The number of carbonyl (C=O) groups is 3. The highest BCUT2D eigenvalue weighted by Gasteiger charge is 2.35. The van der Waals surface area contributed by atoms with Crippen molar-refractivity contribution in [1.29, 1.82) is 0 Å². The van der Waals surface area contributed by atoms with E-state index in [-0.39, 0.29) is 25.6 Å². The number of hydrogen-bond acceptors (Lipinski definition) is 5. The van der Waals surface area contributed by atoms with Crippen LogP contribution in [0.5, 0.6) is 0 Å². The maximum absolute atomic E-state index is 12.2. The summed E-state index contributed by atoms with van der Waals surface area (Å²) in [5.41, 5.74) is 6.07. The van der Waals surface area contributed by atoms with Crippen LogP contribution in [0.1, 0.15) is 18.4 Å². The largest absolute Gasteiger partial charge is 0.459 e. The van der Waals surface area contributed by atoms with Crippen molar-refractivity contribution in [1.82, 2.24) is 10.2 Å². The number of nitrogens with two attached hydrogens (primary N) is 1. The van der Waals surface area contributed by atoms with Crippen molar-refractivity contribution in [3.05, 3.63) is 35.9 Å². The Balaban J connectivity index is 1.86. The topological polar surface area (TPSA) is 102 Å². The van der Waals surface area contributed by atoms with Gasteiger partial charge in [0.2, 0.25) is 11.8 Å². The van der Waals surface area contributed by atoms with Crippen molar-refractivity contribution in [2.75, 3.05) is 19.6 Å². The lowest BCUT2D eigenvalue weighted by Crippen LogP contribution is -2.46. The average Bonchev–Trinajstić information content (AvgIpc) is 3.08. The van der Waals surface area contributed by atoms with Gasteiger partial charge in [-0.2, -0.15) is 0 Å². The van der Waals surface area contributed by atoms with E-state index in [0.717, 1.165) is 12.0 Å². The predicted molar refractivity (Wildman–Crippen MR) is 83.0 cm³/mol. The van der Waals surface area contributed by atoms with Gasteiger partial charge in [-0.1, -0.05) is 30.3 Å². The van der Waals surface area contributed by atoms with Crippen molar-refractivity contribution >= 4 is 17.8 Å². The van der Waals surface area contributed by atoms with Crippen LogP contribution in [0.2, 0.25) is 0 Å². The molecule has 1 saturated heterocycles. The predicted octanol–water partition coefficient (Wildman–Crippen LogP) is -0.204. The zero-order valence-corrected chi connectivity index (χ0v) is 12.9. The van der Waals surface area contributed by atoms with Crippen LogP contribution in [-0.4, -0.2) is 48.4 Å². The zero-order valence-electron chi connectivity index (χ0n) is 12.9. The molecule has 0 radical (unpaired) electrons. The first-order valence-corrected chi connectivity index (χ1v) is 7.58. The van der Waals surface area contributed by atoms with Crippen LogP contribution in [0.25, 0.3) is 0 Å². The number of nitrogens with one attached hydrogen (secondary N) is 1. The molecule has 0 saturated carbocycles. The lowest BCUT2D eigenvalue weighted by molar-refractivity contribution is -0.154. The van der Waals surface area contributed by atoms with Gasteiger partial charge in [0.15, 0.2) is 0 Å². The van der Waals surface area contributed by atoms with Gasteiger partial charge in [0, 0.05) is 6.54 Å². The Hall–Kier alpha value is -2.41. The van der Waals surface area contributed by atoms with Crippen molar-refractivity contribution in [3.63, 3.8) is 0 Å². The van der Waals surface area contributed by atoms with Gasteiger partial charge >= 0.3 is 5.97 Å². The van der Waals surface area contributed by atoms with Crippen molar-refractivity contribution in [2.45, 2.75) is 25.5 Å². The minimum absolute atomic E-state index is 0.154. The number of esters is 1. The molecule has 1 aromatic rings. The van der Waals surface area contributed by atoms with Gasteiger partial charge in [0.1, 0.15) is 12.6 Å². The molecule has 2 rings (SSSR count). The minimum Gasteiger partial charge on any atom is -0.459 e. The van der Waals surface area contributed by atoms with Gasteiger partial charge in [-0.05, 0) is 18.4 Å². The third kappa shape index (κ3) is 4.79. The number of ether oxygens (including phenoxy) is 1. The van der Waals surface area contributed by atoms with Gasteiger partial charge in [0.05, 0.1) is 13.1 Å². The van der Waals surface area contributed by atoms with E-state index < -0.39 is 17.9 Å². The Bertz CT molecular complexity index is 562. The van der Waals surface area contributed by atoms with Gasteiger partial charge in [0.25, 0.3) is 0 Å². The molecule has 0 bridgehead atoms. The molecule has 1 aliphatic heterocycles. The molecule has 1 aromatic carbocycles. The van der Waals surface area contributed by atoms with Gasteiger partial charge in [-0.25, -0.2) is 4.79 Å².